The molecule has 1 rings (SSSR count). The molecule has 0 aliphatic carbocycles. The Hall–Kier alpha value is -2.11. The molecule has 6 heteroatoms. The smallest absolute Gasteiger partial charge is 0.293 e. The van der Waals surface area contributed by atoms with Gasteiger partial charge in [-0.05, 0) is 18.4 Å². The van der Waals surface area contributed by atoms with E-state index in [2.05, 4.69) is 17.6 Å². The van der Waals surface area contributed by atoms with Crippen molar-refractivity contribution in [3.63, 3.8) is 0 Å². The minimum Gasteiger partial charge on any atom is -0.379 e. The molecular weight excluding hydrogens is 270 g/mol. The summed E-state index contributed by atoms with van der Waals surface area (Å²) in [5, 5.41) is 16.9. The van der Waals surface area contributed by atoms with Crippen LogP contribution in [0.15, 0.2) is 18.2 Å². The van der Waals surface area contributed by atoms with Gasteiger partial charge in [-0.1, -0.05) is 33.3 Å². The highest BCUT2D eigenvalue weighted by Crippen LogP contribution is 2.28. The number of amides is 1. The van der Waals surface area contributed by atoms with E-state index in [1.807, 2.05) is 13.8 Å². The minimum atomic E-state index is -0.469. The van der Waals surface area contributed by atoms with Crippen LogP contribution in [0.3, 0.4) is 0 Å². The fraction of sp³-hybridized carbons (Fsp3) is 0.533. The van der Waals surface area contributed by atoms with Crippen LogP contribution in [0.2, 0.25) is 0 Å². The molecule has 1 amide bonds. The Morgan fingerprint density at radius 1 is 1.38 bits per heavy atom. The summed E-state index contributed by atoms with van der Waals surface area (Å²) in [5.41, 5.74) is 0.548. The Labute approximate surface area is 125 Å². The van der Waals surface area contributed by atoms with E-state index in [4.69, 9.17) is 0 Å². The van der Waals surface area contributed by atoms with Crippen LogP contribution in [0.4, 0.5) is 11.4 Å². The molecule has 1 aromatic rings. The summed E-state index contributed by atoms with van der Waals surface area (Å²) in [4.78, 5) is 22.9. The molecule has 116 valence electrons. The maximum absolute atomic E-state index is 12.3. The first-order valence-corrected chi connectivity index (χ1v) is 7.30. The molecule has 0 fully saturated rings. The SMILES string of the molecule is CCCNc1c(C(=O)NCC(C)CC)cccc1[N+](=O)[O-]. The molecule has 1 atom stereocenters. The number of benzene rings is 1. The average Bonchev–Trinajstić information content (AvgIpc) is 2.49. The maximum atomic E-state index is 12.3. The average molecular weight is 293 g/mol. The number of nitrogens with one attached hydrogen (secondary N) is 2. The van der Waals surface area contributed by atoms with Gasteiger partial charge < -0.3 is 10.6 Å². The van der Waals surface area contributed by atoms with Crippen molar-refractivity contribution in [3.05, 3.63) is 33.9 Å². The van der Waals surface area contributed by atoms with Crippen LogP contribution >= 0.6 is 0 Å². The fourth-order valence-electron chi connectivity index (χ4n) is 1.82. The Bertz CT molecular complexity index is 503. The number of para-hydroxylation sites is 1. The van der Waals surface area contributed by atoms with E-state index < -0.39 is 4.92 Å². The quantitative estimate of drug-likeness (QED) is 0.569. The zero-order valence-corrected chi connectivity index (χ0v) is 12.8. The first kappa shape index (κ1) is 16.9. The number of nitro groups is 1. The molecule has 6 nitrogen and oxygen atoms in total. The summed E-state index contributed by atoms with van der Waals surface area (Å²) in [6.07, 6.45) is 1.79. The number of carbonyl (C=O) groups excluding carboxylic acids is 1. The van der Waals surface area contributed by atoms with Gasteiger partial charge in [-0.25, -0.2) is 0 Å². The number of hydrogen-bond donors (Lipinski definition) is 2. The van der Waals surface area contributed by atoms with Crippen molar-refractivity contribution in [1.29, 1.82) is 0 Å². The Kier molecular flexibility index (Phi) is 6.65. The zero-order valence-electron chi connectivity index (χ0n) is 12.8. The first-order valence-electron chi connectivity index (χ1n) is 7.30. The van der Waals surface area contributed by atoms with Gasteiger partial charge in [0.05, 0.1) is 10.5 Å². The van der Waals surface area contributed by atoms with Gasteiger partial charge >= 0.3 is 0 Å². The third kappa shape index (κ3) is 4.73. The summed E-state index contributed by atoms with van der Waals surface area (Å²) in [6, 6.07) is 4.55. The largest absolute Gasteiger partial charge is 0.379 e. The molecule has 0 bridgehead atoms. The van der Waals surface area contributed by atoms with E-state index in [9.17, 15) is 14.9 Å². The highest BCUT2D eigenvalue weighted by Gasteiger charge is 2.21. The van der Waals surface area contributed by atoms with Crippen LogP contribution in [0.25, 0.3) is 0 Å². The highest BCUT2D eigenvalue weighted by atomic mass is 16.6. The van der Waals surface area contributed by atoms with Gasteiger partial charge in [0.1, 0.15) is 5.69 Å². The van der Waals surface area contributed by atoms with E-state index in [1.54, 1.807) is 6.07 Å². The van der Waals surface area contributed by atoms with Crippen molar-refractivity contribution in [2.45, 2.75) is 33.6 Å². The lowest BCUT2D eigenvalue weighted by Gasteiger charge is -2.14. The standard InChI is InChI=1S/C15H23N3O3/c1-4-9-16-14-12(7-6-8-13(14)18(20)21)15(19)17-10-11(3)5-2/h6-8,11,16H,4-5,9-10H2,1-3H3,(H,17,19). The van der Waals surface area contributed by atoms with Gasteiger partial charge in [-0.3, -0.25) is 14.9 Å². The van der Waals surface area contributed by atoms with Crippen LogP contribution < -0.4 is 10.6 Å². The van der Waals surface area contributed by atoms with Gasteiger partial charge in [0.2, 0.25) is 0 Å². The topological polar surface area (TPSA) is 84.3 Å². The number of hydrogen-bond acceptors (Lipinski definition) is 4. The summed E-state index contributed by atoms with van der Waals surface area (Å²) >= 11 is 0. The summed E-state index contributed by atoms with van der Waals surface area (Å²) in [5.74, 6) is 0.0947. The highest BCUT2D eigenvalue weighted by molar-refractivity contribution is 6.01. The molecule has 0 aromatic heterocycles. The van der Waals surface area contributed by atoms with E-state index in [1.165, 1.54) is 12.1 Å². The molecule has 0 aliphatic rings. The predicted octanol–water partition coefficient (Wildman–Crippen LogP) is 3.19. The van der Waals surface area contributed by atoms with Crippen LogP contribution in [-0.2, 0) is 0 Å². The minimum absolute atomic E-state index is 0.0698. The lowest BCUT2D eigenvalue weighted by molar-refractivity contribution is -0.384. The van der Waals surface area contributed by atoms with Crippen molar-refractivity contribution in [2.24, 2.45) is 5.92 Å². The second kappa shape index (κ2) is 8.24. The van der Waals surface area contributed by atoms with Crippen molar-refractivity contribution >= 4 is 17.3 Å². The number of nitro benzene ring substituents is 1. The third-order valence-corrected chi connectivity index (χ3v) is 3.34. The lowest BCUT2D eigenvalue weighted by atomic mass is 10.1. The van der Waals surface area contributed by atoms with Crippen molar-refractivity contribution in [1.82, 2.24) is 5.32 Å². The van der Waals surface area contributed by atoms with E-state index >= 15 is 0 Å². The lowest BCUT2D eigenvalue weighted by Crippen LogP contribution is -2.29. The van der Waals surface area contributed by atoms with Gasteiger partial charge in [-0.15, -0.1) is 0 Å². The Balaban J connectivity index is 3.01. The molecule has 0 saturated heterocycles. The monoisotopic (exact) mass is 293 g/mol. The van der Waals surface area contributed by atoms with Gasteiger partial charge in [-0.2, -0.15) is 0 Å². The van der Waals surface area contributed by atoms with Crippen LogP contribution in [0.5, 0.6) is 0 Å². The molecule has 1 unspecified atom stereocenters. The van der Waals surface area contributed by atoms with Crippen LogP contribution in [0.1, 0.15) is 44.0 Å². The molecular formula is C15H23N3O3. The maximum Gasteiger partial charge on any atom is 0.293 e. The van der Waals surface area contributed by atoms with Gasteiger partial charge in [0, 0.05) is 19.2 Å². The molecule has 0 radical (unpaired) electrons. The zero-order chi connectivity index (χ0) is 15.8. The third-order valence-electron chi connectivity index (χ3n) is 3.34. The number of nitrogens with zero attached hydrogens (tertiary/aromatic N) is 1. The van der Waals surface area contributed by atoms with E-state index in [-0.39, 0.29) is 11.6 Å². The molecule has 0 heterocycles. The Morgan fingerprint density at radius 3 is 2.67 bits per heavy atom. The van der Waals surface area contributed by atoms with Crippen LogP contribution in [-0.4, -0.2) is 23.9 Å². The second-order valence-electron chi connectivity index (χ2n) is 5.11. The summed E-state index contributed by atoms with van der Waals surface area (Å²) in [7, 11) is 0. The number of carbonyl (C=O) groups is 1. The number of anilines is 1. The van der Waals surface area contributed by atoms with E-state index in [0.717, 1.165) is 12.8 Å². The molecule has 21 heavy (non-hydrogen) atoms. The first-order chi connectivity index (χ1) is 10.0. The van der Waals surface area contributed by atoms with Crippen molar-refractivity contribution < 1.29 is 9.72 Å². The van der Waals surface area contributed by atoms with E-state index in [0.29, 0.717) is 30.3 Å². The predicted molar refractivity (Wildman–Crippen MR) is 83.7 cm³/mol. The van der Waals surface area contributed by atoms with Crippen LogP contribution in [0, 0.1) is 16.0 Å². The fourth-order valence-corrected chi connectivity index (χ4v) is 1.82. The molecule has 1 aromatic carbocycles. The normalized spacial score (nSPS) is 11.8. The summed E-state index contributed by atoms with van der Waals surface area (Å²) < 4.78 is 0. The molecule has 0 spiro atoms. The second-order valence-corrected chi connectivity index (χ2v) is 5.11. The molecule has 0 aliphatic heterocycles. The Morgan fingerprint density at radius 2 is 2.10 bits per heavy atom. The molecule has 0 saturated carbocycles. The van der Waals surface area contributed by atoms with Gasteiger partial charge in [0.15, 0.2) is 0 Å². The van der Waals surface area contributed by atoms with Gasteiger partial charge in [0.25, 0.3) is 11.6 Å². The van der Waals surface area contributed by atoms with Crippen molar-refractivity contribution in [3.8, 4) is 0 Å². The summed E-state index contributed by atoms with van der Waals surface area (Å²) in [6.45, 7) is 7.20. The number of rotatable bonds is 8. The van der Waals surface area contributed by atoms with Crippen molar-refractivity contribution in [2.75, 3.05) is 18.4 Å². The molecule has 2 N–H and O–H groups in total.